The van der Waals surface area contributed by atoms with Crippen LogP contribution in [0.3, 0.4) is 0 Å². The lowest BCUT2D eigenvalue weighted by Crippen LogP contribution is -2.06. The summed E-state index contributed by atoms with van der Waals surface area (Å²) >= 11 is 0. The molecule has 0 rings (SSSR count). The quantitative estimate of drug-likeness (QED) is 0.435. The smallest absolute Gasteiger partial charge is 0.304 e. The van der Waals surface area contributed by atoms with E-state index in [1.54, 1.807) is 6.92 Å². The van der Waals surface area contributed by atoms with Crippen LogP contribution in [0.15, 0.2) is 0 Å². The fraction of sp³-hybridized carbons (Fsp3) is 1.00. The minimum atomic E-state index is -4.32. The average Bonchev–Trinajstić information content (AvgIpc) is 1.63. The van der Waals surface area contributed by atoms with E-state index in [0.29, 0.717) is 6.61 Å². The first-order chi connectivity index (χ1) is 4.06. The van der Waals surface area contributed by atoms with Crippen LogP contribution in [0.2, 0.25) is 0 Å². The minimum absolute atomic E-state index is 0.0602. The van der Waals surface area contributed by atoms with E-state index in [9.17, 15) is 12.3 Å². The van der Waals surface area contributed by atoms with Gasteiger partial charge < -0.3 is 4.74 Å². The molecule has 0 spiro atoms. The summed E-state index contributed by atoms with van der Waals surface area (Å²) in [4.78, 5) is 0. The largest absolute Gasteiger partial charge is 0.381 e. The molecule has 5 heteroatoms. The van der Waals surface area contributed by atoms with Gasteiger partial charge in [0, 0.05) is 6.61 Å². The predicted molar refractivity (Wildman–Crippen MR) is 31.4 cm³/mol. The Bertz CT molecular complexity index is 151. The van der Waals surface area contributed by atoms with E-state index >= 15 is 0 Å². The van der Waals surface area contributed by atoms with E-state index in [4.69, 9.17) is 0 Å². The van der Waals surface area contributed by atoms with Gasteiger partial charge in [-0.05, 0) is 6.92 Å². The SMILES string of the molecule is CCOCCS(=O)(=O)F. The molecule has 0 heterocycles. The monoisotopic (exact) mass is 156 g/mol. The molecular weight excluding hydrogens is 147 g/mol. The van der Waals surface area contributed by atoms with Crippen LogP contribution in [0.4, 0.5) is 3.89 Å². The lowest BCUT2D eigenvalue weighted by Gasteiger charge is -1.94. The van der Waals surface area contributed by atoms with Crippen LogP contribution in [0, 0.1) is 0 Å². The Morgan fingerprint density at radius 1 is 1.56 bits per heavy atom. The summed E-state index contributed by atoms with van der Waals surface area (Å²) in [6, 6.07) is 0. The van der Waals surface area contributed by atoms with Gasteiger partial charge in [0.25, 0.3) is 0 Å². The zero-order chi connectivity index (χ0) is 7.33. The molecule has 0 N–H and O–H groups in total. The number of ether oxygens (including phenoxy) is 1. The first-order valence-electron chi connectivity index (χ1n) is 2.56. The second-order valence-electron chi connectivity index (χ2n) is 1.44. The third-order valence-corrected chi connectivity index (χ3v) is 1.33. The molecule has 9 heavy (non-hydrogen) atoms. The van der Waals surface area contributed by atoms with Gasteiger partial charge in [-0.3, -0.25) is 0 Å². The van der Waals surface area contributed by atoms with Crippen LogP contribution < -0.4 is 0 Å². The third-order valence-electron chi connectivity index (χ3n) is 0.676. The van der Waals surface area contributed by atoms with Crippen molar-refractivity contribution in [2.75, 3.05) is 19.0 Å². The summed E-state index contributed by atoms with van der Waals surface area (Å²) in [6.07, 6.45) is 0. The highest BCUT2D eigenvalue weighted by atomic mass is 32.3. The van der Waals surface area contributed by atoms with Crippen LogP contribution >= 0.6 is 0 Å². The van der Waals surface area contributed by atoms with Crippen molar-refractivity contribution in [2.45, 2.75) is 6.92 Å². The Morgan fingerprint density at radius 2 is 2.11 bits per heavy atom. The van der Waals surface area contributed by atoms with Gasteiger partial charge in [0.1, 0.15) is 5.75 Å². The van der Waals surface area contributed by atoms with Crippen molar-refractivity contribution in [2.24, 2.45) is 0 Å². The molecule has 0 atom stereocenters. The van der Waals surface area contributed by atoms with Crippen LogP contribution in [-0.4, -0.2) is 27.4 Å². The Kier molecular flexibility index (Phi) is 3.72. The molecule has 0 aromatic heterocycles. The van der Waals surface area contributed by atoms with Crippen molar-refractivity contribution < 1.29 is 17.0 Å². The van der Waals surface area contributed by atoms with Crippen LogP contribution in [-0.2, 0) is 15.0 Å². The van der Waals surface area contributed by atoms with Crippen LogP contribution in [0.5, 0.6) is 0 Å². The lowest BCUT2D eigenvalue weighted by molar-refractivity contribution is 0.163. The first kappa shape index (κ1) is 8.84. The van der Waals surface area contributed by atoms with E-state index in [-0.39, 0.29) is 6.61 Å². The fourth-order valence-corrected chi connectivity index (χ4v) is 0.620. The molecule has 0 saturated heterocycles. The Morgan fingerprint density at radius 3 is 2.44 bits per heavy atom. The predicted octanol–water partition coefficient (Wildman–Crippen LogP) is 0.322. The van der Waals surface area contributed by atoms with Gasteiger partial charge in [0.05, 0.1) is 6.61 Å². The van der Waals surface area contributed by atoms with Gasteiger partial charge in [-0.1, -0.05) is 0 Å². The summed E-state index contributed by atoms with van der Waals surface area (Å²) in [5, 5.41) is 0. The fourth-order valence-electron chi connectivity index (χ4n) is 0.303. The zero-order valence-corrected chi connectivity index (χ0v) is 5.95. The molecular formula is C4H9FO3S. The molecule has 56 valence electrons. The summed E-state index contributed by atoms with van der Waals surface area (Å²) in [5.74, 6) is -0.541. The van der Waals surface area contributed by atoms with E-state index in [0.717, 1.165) is 0 Å². The van der Waals surface area contributed by atoms with Crippen molar-refractivity contribution in [3.05, 3.63) is 0 Å². The van der Waals surface area contributed by atoms with Crippen LogP contribution in [0.1, 0.15) is 6.92 Å². The maximum Gasteiger partial charge on any atom is 0.304 e. The average molecular weight is 156 g/mol. The molecule has 0 radical (unpaired) electrons. The Balaban J connectivity index is 3.30. The number of hydrogen-bond acceptors (Lipinski definition) is 3. The normalized spacial score (nSPS) is 11.8. The molecule has 0 aromatic carbocycles. The van der Waals surface area contributed by atoms with Crippen molar-refractivity contribution >= 4 is 10.2 Å². The van der Waals surface area contributed by atoms with Gasteiger partial charge in [0.15, 0.2) is 0 Å². The molecule has 0 aliphatic rings. The third kappa shape index (κ3) is 7.84. The second-order valence-corrected chi connectivity index (χ2v) is 2.93. The number of hydrogen-bond donors (Lipinski definition) is 0. The minimum Gasteiger partial charge on any atom is -0.381 e. The number of halogens is 1. The second kappa shape index (κ2) is 3.79. The Labute approximate surface area is 54.0 Å². The van der Waals surface area contributed by atoms with Crippen molar-refractivity contribution in [1.82, 2.24) is 0 Å². The lowest BCUT2D eigenvalue weighted by atomic mass is 10.8. The van der Waals surface area contributed by atoms with E-state index in [2.05, 4.69) is 4.74 Å². The molecule has 0 fully saturated rings. The summed E-state index contributed by atoms with van der Waals surface area (Å²) < 4.78 is 35.7. The number of rotatable bonds is 4. The van der Waals surface area contributed by atoms with Gasteiger partial charge in [-0.25, -0.2) is 0 Å². The summed E-state index contributed by atoms with van der Waals surface area (Å²) in [7, 11) is -4.32. The standard InChI is InChI=1S/C4H9FO3S/c1-2-8-3-4-9(5,6)7/h2-4H2,1H3. The van der Waals surface area contributed by atoms with E-state index in [1.807, 2.05) is 0 Å². The maximum atomic E-state index is 11.6. The van der Waals surface area contributed by atoms with E-state index < -0.39 is 16.0 Å². The molecule has 0 aromatic rings. The van der Waals surface area contributed by atoms with Gasteiger partial charge in [0.2, 0.25) is 0 Å². The van der Waals surface area contributed by atoms with Crippen molar-refractivity contribution in [1.29, 1.82) is 0 Å². The molecule has 0 amide bonds. The summed E-state index contributed by atoms with van der Waals surface area (Å²) in [5.41, 5.74) is 0. The van der Waals surface area contributed by atoms with Gasteiger partial charge >= 0.3 is 10.2 Å². The maximum absolute atomic E-state index is 11.6. The highest BCUT2D eigenvalue weighted by Gasteiger charge is 2.04. The molecule has 3 nitrogen and oxygen atoms in total. The van der Waals surface area contributed by atoms with Gasteiger partial charge in [-0.2, -0.15) is 8.42 Å². The first-order valence-corrected chi connectivity index (χ1v) is 4.11. The molecule has 0 bridgehead atoms. The highest BCUT2D eigenvalue weighted by Crippen LogP contribution is 1.89. The van der Waals surface area contributed by atoms with E-state index in [1.165, 1.54) is 0 Å². The van der Waals surface area contributed by atoms with Crippen LogP contribution in [0.25, 0.3) is 0 Å². The molecule has 0 saturated carbocycles. The summed E-state index contributed by atoms with van der Waals surface area (Å²) in [6.45, 7) is 2.07. The molecule has 0 aliphatic heterocycles. The van der Waals surface area contributed by atoms with Gasteiger partial charge in [-0.15, -0.1) is 3.89 Å². The topological polar surface area (TPSA) is 43.4 Å². The Hall–Kier alpha value is -0.160. The molecule has 0 aliphatic carbocycles. The highest BCUT2D eigenvalue weighted by molar-refractivity contribution is 7.86. The van der Waals surface area contributed by atoms with Crippen molar-refractivity contribution in [3.8, 4) is 0 Å². The van der Waals surface area contributed by atoms with Crippen molar-refractivity contribution in [3.63, 3.8) is 0 Å². The zero-order valence-electron chi connectivity index (χ0n) is 5.13. The molecule has 0 unspecified atom stereocenters.